The molecule has 0 aliphatic heterocycles. The van der Waals surface area contributed by atoms with E-state index in [1.807, 2.05) is 0 Å². The van der Waals surface area contributed by atoms with Crippen LogP contribution in [0.15, 0.2) is 24.3 Å². The smallest absolute Gasteiger partial charge is 0.258 e. The molecular formula is C13H11F3N2O. The Labute approximate surface area is 108 Å². The van der Waals surface area contributed by atoms with Gasteiger partial charge < -0.3 is 10.1 Å². The molecule has 0 bridgehead atoms. The summed E-state index contributed by atoms with van der Waals surface area (Å²) in [6.45, 7) is 1.55. The first kappa shape index (κ1) is 13.2. The predicted molar refractivity (Wildman–Crippen MR) is 64.9 cm³/mol. The number of rotatable bonds is 3. The van der Waals surface area contributed by atoms with E-state index in [2.05, 4.69) is 10.3 Å². The molecule has 1 aromatic carbocycles. The van der Waals surface area contributed by atoms with Crippen molar-refractivity contribution in [1.29, 1.82) is 0 Å². The van der Waals surface area contributed by atoms with Crippen LogP contribution in [0.5, 0.6) is 11.6 Å². The molecule has 3 nitrogen and oxygen atoms in total. The molecule has 0 spiro atoms. The van der Waals surface area contributed by atoms with E-state index in [1.54, 1.807) is 19.1 Å². The van der Waals surface area contributed by atoms with Crippen LogP contribution >= 0.6 is 0 Å². The van der Waals surface area contributed by atoms with Gasteiger partial charge >= 0.3 is 0 Å². The van der Waals surface area contributed by atoms with Gasteiger partial charge in [0, 0.05) is 13.1 Å². The topological polar surface area (TPSA) is 34.2 Å². The zero-order chi connectivity index (χ0) is 14.0. The highest BCUT2D eigenvalue weighted by Gasteiger charge is 2.15. The first-order chi connectivity index (χ1) is 9.02. The van der Waals surface area contributed by atoms with Crippen molar-refractivity contribution >= 4 is 5.82 Å². The summed E-state index contributed by atoms with van der Waals surface area (Å²) in [4.78, 5) is 3.61. The molecule has 0 radical (unpaired) electrons. The number of aryl methyl sites for hydroxylation is 1. The monoisotopic (exact) mass is 268 g/mol. The van der Waals surface area contributed by atoms with Crippen molar-refractivity contribution in [3.8, 4) is 11.6 Å². The van der Waals surface area contributed by atoms with Crippen LogP contribution in [-0.4, -0.2) is 12.0 Å². The van der Waals surface area contributed by atoms with Gasteiger partial charge in [-0.1, -0.05) is 12.1 Å². The van der Waals surface area contributed by atoms with Crippen LogP contribution < -0.4 is 10.1 Å². The van der Waals surface area contributed by atoms with Crippen molar-refractivity contribution in [2.45, 2.75) is 6.92 Å². The third-order valence-electron chi connectivity index (χ3n) is 2.50. The number of hydrogen-bond donors (Lipinski definition) is 1. The Morgan fingerprint density at radius 3 is 2.58 bits per heavy atom. The molecule has 2 rings (SSSR count). The Morgan fingerprint density at radius 1 is 1.16 bits per heavy atom. The van der Waals surface area contributed by atoms with Crippen molar-refractivity contribution in [2.75, 3.05) is 12.4 Å². The lowest BCUT2D eigenvalue weighted by molar-refractivity contribution is 0.394. The van der Waals surface area contributed by atoms with Crippen LogP contribution in [0.3, 0.4) is 0 Å². The normalized spacial score (nSPS) is 10.4. The molecule has 0 saturated heterocycles. The van der Waals surface area contributed by atoms with Crippen molar-refractivity contribution in [1.82, 2.24) is 4.98 Å². The standard InChI is InChI=1S/C13H11F3N2O/c1-7-4-3-5-10(11(7)16)19-13-9(15)6-8(14)12(17-2)18-13/h3-6H,1-2H3,(H,17,18). The van der Waals surface area contributed by atoms with Crippen LogP contribution in [0, 0.1) is 24.4 Å². The molecule has 0 amide bonds. The minimum absolute atomic E-state index is 0.167. The molecule has 0 atom stereocenters. The number of halogens is 3. The van der Waals surface area contributed by atoms with E-state index in [0.717, 1.165) is 0 Å². The summed E-state index contributed by atoms with van der Waals surface area (Å²) in [6.07, 6.45) is 0. The van der Waals surface area contributed by atoms with E-state index in [-0.39, 0.29) is 11.6 Å². The highest BCUT2D eigenvalue weighted by molar-refractivity contribution is 5.41. The number of benzene rings is 1. The molecule has 2 aromatic rings. The second-order valence-corrected chi connectivity index (χ2v) is 3.84. The molecule has 0 aliphatic carbocycles. The molecular weight excluding hydrogens is 257 g/mol. The minimum atomic E-state index is -1.00. The summed E-state index contributed by atoms with van der Waals surface area (Å²) in [7, 11) is 1.43. The molecule has 6 heteroatoms. The largest absolute Gasteiger partial charge is 0.433 e. The highest BCUT2D eigenvalue weighted by Crippen LogP contribution is 2.28. The predicted octanol–water partition coefficient (Wildman–Crippen LogP) is 3.64. The molecule has 19 heavy (non-hydrogen) atoms. The van der Waals surface area contributed by atoms with Gasteiger partial charge in [0.05, 0.1) is 0 Å². The maximum absolute atomic E-state index is 13.7. The van der Waals surface area contributed by atoms with E-state index in [1.165, 1.54) is 13.1 Å². The van der Waals surface area contributed by atoms with Gasteiger partial charge in [0.15, 0.2) is 29.0 Å². The van der Waals surface area contributed by atoms with Crippen molar-refractivity contribution < 1.29 is 17.9 Å². The van der Waals surface area contributed by atoms with Crippen molar-refractivity contribution in [3.05, 3.63) is 47.3 Å². The molecule has 100 valence electrons. The Balaban J connectivity index is 2.41. The summed E-state index contributed by atoms with van der Waals surface area (Å²) in [5, 5.41) is 2.45. The minimum Gasteiger partial charge on any atom is -0.433 e. The van der Waals surface area contributed by atoms with E-state index in [4.69, 9.17) is 4.74 Å². The third kappa shape index (κ3) is 2.62. The van der Waals surface area contributed by atoms with Crippen LogP contribution in [0.2, 0.25) is 0 Å². The second-order valence-electron chi connectivity index (χ2n) is 3.84. The van der Waals surface area contributed by atoms with Gasteiger partial charge in [0.1, 0.15) is 0 Å². The summed E-state index contributed by atoms with van der Waals surface area (Å²) < 4.78 is 45.5. The number of ether oxygens (including phenoxy) is 1. The van der Waals surface area contributed by atoms with E-state index < -0.39 is 23.3 Å². The van der Waals surface area contributed by atoms with Crippen LogP contribution in [0.25, 0.3) is 0 Å². The highest BCUT2D eigenvalue weighted by atomic mass is 19.1. The fourth-order valence-electron chi connectivity index (χ4n) is 1.50. The number of nitrogens with one attached hydrogen (secondary N) is 1. The van der Waals surface area contributed by atoms with Crippen molar-refractivity contribution in [3.63, 3.8) is 0 Å². The zero-order valence-electron chi connectivity index (χ0n) is 10.3. The number of anilines is 1. The van der Waals surface area contributed by atoms with Gasteiger partial charge in [0.2, 0.25) is 0 Å². The van der Waals surface area contributed by atoms with Gasteiger partial charge in [-0.2, -0.15) is 4.98 Å². The fourth-order valence-corrected chi connectivity index (χ4v) is 1.50. The van der Waals surface area contributed by atoms with Gasteiger partial charge in [-0.3, -0.25) is 0 Å². The Hall–Kier alpha value is -2.24. The van der Waals surface area contributed by atoms with Gasteiger partial charge in [-0.25, -0.2) is 13.2 Å². The van der Waals surface area contributed by atoms with Crippen molar-refractivity contribution in [2.24, 2.45) is 0 Å². The van der Waals surface area contributed by atoms with Gasteiger partial charge in [-0.15, -0.1) is 0 Å². The van der Waals surface area contributed by atoms with Crippen LogP contribution in [0.4, 0.5) is 19.0 Å². The number of aromatic nitrogens is 1. The van der Waals surface area contributed by atoms with Crippen LogP contribution in [-0.2, 0) is 0 Å². The lowest BCUT2D eigenvalue weighted by Gasteiger charge is -2.10. The van der Waals surface area contributed by atoms with Crippen LogP contribution in [0.1, 0.15) is 5.56 Å². The quantitative estimate of drug-likeness (QED) is 0.922. The lowest BCUT2D eigenvalue weighted by atomic mass is 10.2. The second kappa shape index (κ2) is 5.17. The molecule has 0 unspecified atom stereocenters. The Bertz CT molecular complexity index is 617. The molecule has 0 saturated carbocycles. The first-order valence-electron chi connectivity index (χ1n) is 5.49. The Kier molecular flexibility index (Phi) is 3.59. The summed E-state index contributed by atoms with van der Waals surface area (Å²) in [6, 6.07) is 5.08. The Morgan fingerprint density at radius 2 is 1.89 bits per heavy atom. The molecule has 0 aliphatic rings. The number of hydrogen-bond acceptors (Lipinski definition) is 3. The van der Waals surface area contributed by atoms with E-state index >= 15 is 0 Å². The molecule has 1 N–H and O–H groups in total. The van der Waals surface area contributed by atoms with Gasteiger partial charge in [-0.05, 0) is 18.6 Å². The average molecular weight is 268 g/mol. The molecule has 1 aromatic heterocycles. The lowest BCUT2D eigenvalue weighted by Crippen LogP contribution is -2.02. The number of pyridine rings is 1. The maximum Gasteiger partial charge on any atom is 0.258 e. The van der Waals surface area contributed by atoms with E-state index in [0.29, 0.717) is 11.6 Å². The molecule has 0 fully saturated rings. The SMILES string of the molecule is CNc1nc(Oc2cccc(C)c2F)c(F)cc1F. The summed E-state index contributed by atoms with van der Waals surface area (Å²) in [5.74, 6) is -3.30. The number of nitrogens with zero attached hydrogens (tertiary/aromatic N) is 1. The third-order valence-corrected chi connectivity index (χ3v) is 2.50. The average Bonchev–Trinajstić information content (AvgIpc) is 2.38. The first-order valence-corrected chi connectivity index (χ1v) is 5.49. The maximum atomic E-state index is 13.7. The zero-order valence-corrected chi connectivity index (χ0v) is 10.3. The van der Waals surface area contributed by atoms with E-state index in [9.17, 15) is 13.2 Å². The fraction of sp³-hybridized carbons (Fsp3) is 0.154. The van der Waals surface area contributed by atoms with Gasteiger partial charge in [0.25, 0.3) is 5.88 Å². The summed E-state index contributed by atoms with van der Waals surface area (Å²) in [5.41, 5.74) is 0.355. The molecule has 1 heterocycles. The summed E-state index contributed by atoms with van der Waals surface area (Å²) >= 11 is 0.